The fraction of sp³-hybridized carbons (Fsp3) is 0.404. The van der Waals surface area contributed by atoms with E-state index in [9.17, 15) is 63.8 Å². The normalized spacial score (nSPS) is 16.1. The maximum Gasteiger partial charge on any atom is 0.418 e. The molecule has 0 saturated heterocycles. The molecule has 3 heterocycles. The van der Waals surface area contributed by atoms with Crippen LogP contribution in [0.2, 0.25) is 0 Å². The highest BCUT2D eigenvalue weighted by molar-refractivity contribution is 6.03. The zero-order chi connectivity index (χ0) is 54.5. The number of anilines is 3. The number of aliphatic hydroxyl groups is 1. The highest BCUT2D eigenvalue weighted by Gasteiger charge is 2.42. The molecule has 0 spiro atoms. The number of ketones is 1. The summed E-state index contributed by atoms with van der Waals surface area (Å²) in [7, 11) is 0. The number of nitrogens with zero attached hydrogens (tertiary/aromatic N) is 3. The first kappa shape index (κ1) is 54.0. The Morgan fingerprint density at radius 3 is 1.24 bits per heavy atom. The number of carbonyl (C=O) groups is 4. The molecule has 4 saturated carbocycles. The lowest BCUT2D eigenvalue weighted by molar-refractivity contribution is -0.137. The van der Waals surface area contributed by atoms with Gasteiger partial charge in [0, 0.05) is 46.2 Å². The molecule has 4 aliphatic carbocycles. The summed E-state index contributed by atoms with van der Waals surface area (Å²) in [6, 6.07) is 12.0. The Hall–Kier alpha value is -7.30. The number of halogens is 9. The van der Waals surface area contributed by atoms with Crippen LogP contribution in [-0.4, -0.2) is 68.9 Å². The number of nitrogens with one attached hydrogen (secondary N) is 2. The SMILES string of the molecule is CCC(=O)CNC(=O)c1cc(N)c2cc(C3CC3)cc(C(F)(F)F)c2n1.CCOC(=O)c1cc(N)c2cc(C3CC3)cc(C(F)(F)F)c2n1.Nc1cc(C(=O)NCC2(O)CC2)nc2c(C(F)(F)F)cc(C3CC3)cc12. The summed E-state index contributed by atoms with van der Waals surface area (Å²) < 4.78 is 126. The first-order chi connectivity index (χ1) is 35.2. The van der Waals surface area contributed by atoms with Crippen molar-refractivity contribution in [3.8, 4) is 0 Å². The summed E-state index contributed by atoms with van der Waals surface area (Å²) in [4.78, 5) is 59.2. The number of pyridine rings is 3. The van der Waals surface area contributed by atoms with E-state index >= 15 is 0 Å². The number of hydrogen-bond donors (Lipinski definition) is 6. The Morgan fingerprint density at radius 1 is 0.573 bits per heavy atom. The standard InChI is InChI=1S/2C18H18F3N3O2.C16H15F3N2O2/c19-18(20,21)12-6-10(9-1-2-9)5-11-13(22)7-14(24-15(11)12)16(25)23-8-17(26)3-4-17;1-2-11(25)8-23-17(26)15-7-14(22)12-5-10(9-3-4-9)6-13(16(12)24-15)18(19,20)21;1-2-23-15(22)13-7-12(20)10-5-9(8-3-4-8)6-11(14(10)21-13)16(17,18)19/h5-7,9,26H,1-4,8H2,(H2,22,24)(H,23,25);5-7,9H,2-4,8H2,1H3,(H2,22,24)(H,23,26);5-8H,2-4H2,1H3,(H2,20,21). The zero-order valence-electron chi connectivity index (χ0n) is 40.4. The van der Waals surface area contributed by atoms with Gasteiger partial charge < -0.3 is 37.7 Å². The second-order valence-corrected chi connectivity index (χ2v) is 19.2. The van der Waals surface area contributed by atoms with Crippen molar-refractivity contribution in [3.63, 3.8) is 0 Å². The third-order valence-electron chi connectivity index (χ3n) is 13.2. The van der Waals surface area contributed by atoms with E-state index in [1.165, 1.54) is 18.2 Å². The summed E-state index contributed by atoms with van der Waals surface area (Å²) in [5, 5.41) is 15.2. The molecule has 10 rings (SSSR count). The van der Waals surface area contributed by atoms with E-state index in [1.807, 2.05) is 0 Å². The van der Waals surface area contributed by atoms with Crippen molar-refractivity contribution in [2.75, 3.05) is 36.9 Å². The molecule has 0 unspecified atom stereocenters. The molecule has 4 aliphatic rings. The number of rotatable bonds is 12. The lowest BCUT2D eigenvalue weighted by Gasteiger charge is -2.15. The smallest absolute Gasteiger partial charge is 0.418 e. The summed E-state index contributed by atoms with van der Waals surface area (Å²) >= 11 is 0. The van der Waals surface area contributed by atoms with Crippen molar-refractivity contribution in [2.24, 2.45) is 0 Å². The van der Waals surface area contributed by atoms with E-state index in [2.05, 4.69) is 25.6 Å². The molecule has 0 bridgehead atoms. The van der Waals surface area contributed by atoms with Crippen LogP contribution in [0.25, 0.3) is 32.7 Å². The van der Waals surface area contributed by atoms with E-state index < -0.39 is 58.6 Å². The minimum absolute atomic E-state index is 0.0399. The van der Waals surface area contributed by atoms with Crippen LogP contribution in [0.3, 0.4) is 0 Å². The number of benzene rings is 3. The molecule has 2 amide bonds. The fourth-order valence-corrected chi connectivity index (χ4v) is 8.32. The monoisotopic (exact) mass is 1050 g/mol. The first-order valence-corrected chi connectivity index (χ1v) is 24.1. The van der Waals surface area contributed by atoms with Crippen LogP contribution in [0.4, 0.5) is 56.6 Å². The van der Waals surface area contributed by atoms with Gasteiger partial charge in [0.15, 0.2) is 11.5 Å². The molecule has 6 aromatic rings. The Kier molecular flexibility index (Phi) is 14.7. The molecular formula is C52H51F9N8O6. The second-order valence-electron chi connectivity index (χ2n) is 19.2. The number of fused-ring (bicyclic) bond motifs is 3. The Balaban J connectivity index is 0.000000150. The van der Waals surface area contributed by atoms with Crippen LogP contribution < -0.4 is 27.8 Å². The van der Waals surface area contributed by atoms with Crippen molar-refractivity contribution in [3.05, 3.63) is 105 Å². The molecule has 0 atom stereocenters. The second kappa shape index (κ2) is 20.4. The van der Waals surface area contributed by atoms with E-state index in [0.717, 1.165) is 56.7 Å². The van der Waals surface area contributed by atoms with E-state index in [1.54, 1.807) is 32.0 Å². The van der Waals surface area contributed by atoms with Gasteiger partial charge in [-0.1, -0.05) is 6.92 Å². The largest absolute Gasteiger partial charge is 0.461 e. The average Bonchev–Trinajstić information content (AvgIpc) is 4.13. The quantitative estimate of drug-likeness (QED) is 0.0496. The zero-order valence-corrected chi connectivity index (χ0v) is 40.4. The Morgan fingerprint density at radius 2 is 0.920 bits per heavy atom. The molecule has 3 aromatic heterocycles. The Labute approximate surface area is 422 Å². The van der Waals surface area contributed by atoms with Gasteiger partial charge in [0.1, 0.15) is 11.4 Å². The van der Waals surface area contributed by atoms with Crippen molar-refractivity contribution >= 4 is 73.3 Å². The molecule has 9 N–H and O–H groups in total. The van der Waals surface area contributed by atoms with Gasteiger partial charge in [-0.3, -0.25) is 14.4 Å². The number of ether oxygens (including phenoxy) is 1. The van der Waals surface area contributed by atoms with E-state index in [-0.39, 0.29) is 117 Å². The van der Waals surface area contributed by atoms with Gasteiger partial charge in [-0.2, -0.15) is 39.5 Å². The summed E-state index contributed by atoms with van der Waals surface area (Å²) in [6.45, 7) is 3.18. The van der Waals surface area contributed by atoms with Crippen molar-refractivity contribution in [1.29, 1.82) is 0 Å². The third kappa shape index (κ3) is 12.6. The molecule has 398 valence electrons. The molecular weight excluding hydrogens is 1000 g/mol. The van der Waals surface area contributed by atoms with Crippen LogP contribution >= 0.6 is 0 Å². The van der Waals surface area contributed by atoms with Crippen LogP contribution in [0.1, 0.15) is 154 Å². The maximum absolute atomic E-state index is 13.5. The number of esters is 1. The minimum Gasteiger partial charge on any atom is -0.461 e. The van der Waals surface area contributed by atoms with Gasteiger partial charge >= 0.3 is 24.5 Å². The number of nitrogens with two attached hydrogens (primary N) is 3. The van der Waals surface area contributed by atoms with Crippen LogP contribution in [-0.2, 0) is 28.1 Å². The first-order valence-electron chi connectivity index (χ1n) is 24.1. The molecule has 0 radical (unpaired) electrons. The average molecular weight is 1060 g/mol. The maximum atomic E-state index is 13.5. The number of carbonyl (C=O) groups excluding carboxylic acids is 4. The van der Waals surface area contributed by atoms with Crippen LogP contribution in [0, 0.1) is 0 Å². The molecule has 75 heavy (non-hydrogen) atoms. The predicted octanol–water partition coefficient (Wildman–Crippen LogP) is 10.3. The molecule has 3 aromatic carbocycles. The Bertz CT molecular complexity index is 3260. The van der Waals surface area contributed by atoms with Gasteiger partial charge in [0.05, 0.1) is 52.0 Å². The number of amides is 2. The van der Waals surface area contributed by atoms with Gasteiger partial charge in [-0.15, -0.1) is 0 Å². The van der Waals surface area contributed by atoms with Gasteiger partial charge in [-0.25, -0.2) is 19.7 Å². The number of Topliss-reactive ketones (excluding diaryl/α,β-unsaturated/α-hetero) is 1. The number of hydrogen-bond acceptors (Lipinski definition) is 12. The van der Waals surface area contributed by atoms with Gasteiger partial charge in [0.25, 0.3) is 11.8 Å². The fourth-order valence-electron chi connectivity index (χ4n) is 8.32. The molecule has 4 fully saturated rings. The minimum atomic E-state index is -4.62. The highest BCUT2D eigenvalue weighted by atomic mass is 19.4. The lowest BCUT2D eigenvalue weighted by atomic mass is 10.00. The molecule has 0 aliphatic heterocycles. The van der Waals surface area contributed by atoms with Crippen LogP contribution in [0.15, 0.2) is 54.6 Å². The third-order valence-corrected chi connectivity index (χ3v) is 13.2. The van der Waals surface area contributed by atoms with E-state index in [4.69, 9.17) is 21.9 Å². The number of alkyl halides is 9. The molecule has 14 nitrogen and oxygen atoms in total. The summed E-state index contributed by atoms with van der Waals surface area (Å²) in [5.41, 5.74) is 14.6. The van der Waals surface area contributed by atoms with Crippen molar-refractivity contribution in [2.45, 2.75) is 114 Å². The van der Waals surface area contributed by atoms with Gasteiger partial charge in [-0.05, 0) is 147 Å². The van der Waals surface area contributed by atoms with Crippen molar-refractivity contribution in [1.82, 2.24) is 25.6 Å². The molecule has 23 heteroatoms. The highest BCUT2D eigenvalue weighted by Crippen LogP contribution is 2.48. The van der Waals surface area contributed by atoms with Crippen molar-refractivity contribution < 1.29 is 68.5 Å². The number of aromatic nitrogens is 3. The van der Waals surface area contributed by atoms with E-state index in [0.29, 0.717) is 29.5 Å². The summed E-state index contributed by atoms with van der Waals surface area (Å²) in [6.07, 6.45) is -7.20. The topological polar surface area (TPSA) is 239 Å². The van der Waals surface area contributed by atoms with Gasteiger partial charge in [0.2, 0.25) is 0 Å². The number of nitrogen functional groups attached to an aromatic ring is 3. The predicted molar refractivity (Wildman–Crippen MR) is 260 cm³/mol. The lowest BCUT2D eigenvalue weighted by Crippen LogP contribution is -2.33. The summed E-state index contributed by atoms with van der Waals surface area (Å²) in [5.74, 6) is -1.99. The van der Waals surface area contributed by atoms with Crippen LogP contribution in [0.5, 0.6) is 0 Å².